The number of benzene rings is 1. The second kappa shape index (κ2) is 10.5. The van der Waals surface area contributed by atoms with Crippen LogP contribution in [0.3, 0.4) is 0 Å². The number of hydrogen-bond acceptors (Lipinski definition) is 7. The fourth-order valence-electron chi connectivity index (χ4n) is 3.19. The van der Waals surface area contributed by atoms with Crippen LogP contribution >= 0.6 is 11.3 Å². The molecule has 4 rings (SSSR count). The number of ketones is 1. The molecule has 8 heteroatoms. The molecule has 0 atom stereocenters. The zero-order valence-corrected chi connectivity index (χ0v) is 19.6. The third-order valence-electron chi connectivity index (χ3n) is 4.60. The first kappa shape index (κ1) is 23.5. The monoisotopic (exact) mass is 460 g/mol. The molecule has 1 aromatic carbocycles. The van der Waals surface area contributed by atoms with Crippen LogP contribution in [0.25, 0.3) is 0 Å². The zero-order chi connectivity index (χ0) is 23.1. The number of aromatic nitrogens is 1. The lowest BCUT2D eigenvalue weighted by Gasteiger charge is -2.18. The molecule has 1 amide bonds. The van der Waals surface area contributed by atoms with Crippen molar-refractivity contribution in [1.82, 2.24) is 4.98 Å². The van der Waals surface area contributed by atoms with E-state index in [4.69, 9.17) is 13.9 Å². The minimum Gasteiger partial charge on any atom is -0.483 e. The molecule has 1 aliphatic heterocycles. The van der Waals surface area contributed by atoms with Crippen LogP contribution in [-0.2, 0) is 17.6 Å². The molecule has 0 saturated carbocycles. The standard InChI is InChI=1S/C17H18N2O4S.C7H10O.2H2/c1-10(20)12-9-24-16(18-12)19-14(21)8-22-13-6-4-5-11-7-17(2,3)23-15(11)13;1-2-4-7-5-3-6-8-7;;/h4-6,9H,7-8H2,1-3H3,(H,18,19,21);3,5-6H,2,4H2,1H3;2*1H. The predicted octanol–water partition coefficient (Wildman–Crippen LogP) is 5.80. The van der Waals surface area contributed by atoms with E-state index < -0.39 is 0 Å². The number of nitrogens with one attached hydrogen (secondary N) is 1. The summed E-state index contributed by atoms with van der Waals surface area (Å²) < 4.78 is 16.6. The Morgan fingerprint density at radius 1 is 1.28 bits per heavy atom. The van der Waals surface area contributed by atoms with Crippen molar-refractivity contribution in [2.24, 2.45) is 0 Å². The lowest BCUT2D eigenvalue weighted by Crippen LogP contribution is -2.25. The van der Waals surface area contributed by atoms with Gasteiger partial charge in [-0.2, -0.15) is 0 Å². The maximum absolute atomic E-state index is 12.0. The van der Waals surface area contributed by atoms with Gasteiger partial charge < -0.3 is 13.9 Å². The summed E-state index contributed by atoms with van der Waals surface area (Å²) in [5.74, 6) is 1.87. The van der Waals surface area contributed by atoms with Gasteiger partial charge in [0, 0.05) is 33.6 Å². The lowest BCUT2D eigenvalue weighted by molar-refractivity contribution is -0.118. The number of anilines is 1. The third-order valence-corrected chi connectivity index (χ3v) is 5.36. The molecule has 2 aromatic heterocycles. The molecule has 0 unspecified atom stereocenters. The molecule has 0 radical (unpaired) electrons. The van der Waals surface area contributed by atoms with E-state index >= 15 is 0 Å². The van der Waals surface area contributed by atoms with Crippen LogP contribution in [0.2, 0.25) is 0 Å². The van der Waals surface area contributed by atoms with E-state index in [2.05, 4.69) is 17.2 Å². The van der Waals surface area contributed by atoms with E-state index in [1.54, 1.807) is 17.7 Å². The van der Waals surface area contributed by atoms with Gasteiger partial charge in [0.25, 0.3) is 5.91 Å². The number of furan rings is 1. The summed E-state index contributed by atoms with van der Waals surface area (Å²) >= 11 is 1.20. The van der Waals surface area contributed by atoms with Crippen molar-refractivity contribution >= 4 is 28.2 Å². The Labute approximate surface area is 194 Å². The summed E-state index contributed by atoms with van der Waals surface area (Å²) in [6.07, 6.45) is 4.74. The number of fused-ring (bicyclic) bond motifs is 1. The van der Waals surface area contributed by atoms with Gasteiger partial charge in [0.2, 0.25) is 0 Å². The Morgan fingerprint density at radius 3 is 2.75 bits per heavy atom. The van der Waals surface area contributed by atoms with E-state index in [0.717, 1.165) is 30.6 Å². The molecule has 0 saturated heterocycles. The normalized spacial score (nSPS) is 13.4. The number of carbonyl (C=O) groups excluding carboxylic acids is 2. The average Bonchev–Trinajstić information content (AvgIpc) is 3.46. The number of aryl methyl sites for hydroxylation is 1. The van der Waals surface area contributed by atoms with Crippen LogP contribution in [0, 0.1) is 0 Å². The smallest absolute Gasteiger partial charge is 0.264 e. The molecule has 32 heavy (non-hydrogen) atoms. The molecule has 3 aromatic rings. The van der Waals surface area contributed by atoms with Gasteiger partial charge in [0.15, 0.2) is 29.0 Å². The SMILES string of the molecule is CC(=O)c1csc(NC(=O)COc2cccc3c2OC(C)(C)C3)n1.CCCc1ccco1.[HH].[HH]. The van der Waals surface area contributed by atoms with E-state index in [-0.39, 0.29) is 26.8 Å². The van der Waals surface area contributed by atoms with Gasteiger partial charge in [-0.1, -0.05) is 19.1 Å². The number of Topliss-reactive ketones (excluding diaryl/α,β-unsaturated/α-hetero) is 1. The topological polar surface area (TPSA) is 90.7 Å². The summed E-state index contributed by atoms with van der Waals surface area (Å²) in [6.45, 7) is 7.44. The highest BCUT2D eigenvalue weighted by atomic mass is 32.1. The number of para-hydroxylation sites is 1. The molecule has 1 aliphatic rings. The summed E-state index contributed by atoms with van der Waals surface area (Å²) in [6, 6.07) is 9.59. The summed E-state index contributed by atoms with van der Waals surface area (Å²) in [5.41, 5.74) is 1.14. The van der Waals surface area contributed by atoms with Crippen LogP contribution < -0.4 is 14.8 Å². The van der Waals surface area contributed by atoms with E-state index in [1.165, 1.54) is 18.3 Å². The highest BCUT2D eigenvalue weighted by molar-refractivity contribution is 7.14. The molecule has 0 spiro atoms. The second-order valence-corrected chi connectivity index (χ2v) is 8.90. The molecule has 3 heterocycles. The van der Waals surface area contributed by atoms with Crippen LogP contribution in [0.4, 0.5) is 5.13 Å². The van der Waals surface area contributed by atoms with Crippen LogP contribution in [-0.4, -0.2) is 28.9 Å². The number of rotatable bonds is 7. The number of nitrogens with zero attached hydrogens (tertiary/aromatic N) is 1. The average molecular weight is 461 g/mol. The van der Waals surface area contributed by atoms with Crippen molar-refractivity contribution in [3.63, 3.8) is 0 Å². The fourth-order valence-corrected chi connectivity index (χ4v) is 3.96. The number of thiazole rings is 1. The Balaban J connectivity index is 0.000000494. The van der Waals surface area contributed by atoms with Crippen LogP contribution in [0.5, 0.6) is 11.5 Å². The van der Waals surface area contributed by atoms with Crippen molar-refractivity contribution < 1.29 is 26.3 Å². The largest absolute Gasteiger partial charge is 0.483 e. The minimum absolute atomic E-state index is 0. The molecule has 174 valence electrons. The number of amides is 1. The molecule has 7 nitrogen and oxygen atoms in total. The van der Waals surface area contributed by atoms with E-state index in [1.807, 2.05) is 38.1 Å². The second-order valence-electron chi connectivity index (χ2n) is 8.04. The minimum atomic E-state index is -0.339. The molecular formula is C24H32N2O5S. The number of hydrogen-bond donors (Lipinski definition) is 1. The highest BCUT2D eigenvalue weighted by Crippen LogP contribution is 2.41. The van der Waals surface area contributed by atoms with Gasteiger partial charge in [-0.25, -0.2) is 4.98 Å². The number of ether oxygens (including phenoxy) is 2. The lowest BCUT2D eigenvalue weighted by atomic mass is 10.0. The fraction of sp³-hybridized carbons (Fsp3) is 0.375. The molecule has 0 aliphatic carbocycles. The van der Waals surface area contributed by atoms with Gasteiger partial charge in [-0.05, 0) is 38.5 Å². The first-order valence-electron chi connectivity index (χ1n) is 10.5. The zero-order valence-electron chi connectivity index (χ0n) is 18.8. The summed E-state index contributed by atoms with van der Waals surface area (Å²) in [7, 11) is 0. The van der Waals surface area contributed by atoms with Crippen molar-refractivity contribution in [2.45, 2.75) is 52.6 Å². The third kappa shape index (κ3) is 6.43. The Bertz CT molecular complexity index is 1070. The van der Waals surface area contributed by atoms with Crippen LogP contribution in [0.15, 0.2) is 46.4 Å². The molecule has 1 N–H and O–H groups in total. The van der Waals surface area contributed by atoms with Gasteiger partial charge in [-0.3, -0.25) is 14.9 Å². The predicted molar refractivity (Wildman–Crippen MR) is 128 cm³/mol. The molecule has 0 bridgehead atoms. The molecule has 0 fully saturated rings. The van der Waals surface area contributed by atoms with Gasteiger partial charge >= 0.3 is 0 Å². The molecular weight excluding hydrogens is 428 g/mol. The maximum atomic E-state index is 12.0. The first-order chi connectivity index (χ1) is 15.3. The Hall–Kier alpha value is -3.13. The Kier molecular flexibility index (Phi) is 7.69. The summed E-state index contributed by atoms with van der Waals surface area (Å²) in [5, 5.41) is 4.61. The van der Waals surface area contributed by atoms with E-state index in [9.17, 15) is 9.59 Å². The quantitative estimate of drug-likeness (QED) is 0.448. The van der Waals surface area contributed by atoms with Crippen molar-refractivity contribution in [2.75, 3.05) is 11.9 Å². The summed E-state index contributed by atoms with van der Waals surface area (Å²) in [4.78, 5) is 27.2. The first-order valence-corrected chi connectivity index (χ1v) is 11.4. The van der Waals surface area contributed by atoms with Gasteiger partial charge in [-0.15, -0.1) is 11.3 Å². The highest BCUT2D eigenvalue weighted by Gasteiger charge is 2.32. The Morgan fingerprint density at radius 2 is 2.09 bits per heavy atom. The van der Waals surface area contributed by atoms with Crippen molar-refractivity contribution in [3.05, 3.63) is 59.0 Å². The number of carbonyl (C=O) groups is 2. The van der Waals surface area contributed by atoms with Crippen molar-refractivity contribution in [3.8, 4) is 11.5 Å². The van der Waals surface area contributed by atoms with Gasteiger partial charge in [0.05, 0.1) is 6.26 Å². The van der Waals surface area contributed by atoms with Gasteiger partial charge in [0.1, 0.15) is 17.1 Å². The van der Waals surface area contributed by atoms with Crippen LogP contribution in [0.1, 0.15) is 58.8 Å². The van der Waals surface area contributed by atoms with Crippen molar-refractivity contribution in [1.29, 1.82) is 0 Å². The maximum Gasteiger partial charge on any atom is 0.264 e. The van der Waals surface area contributed by atoms with E-state index in [0.29, 0.717) is 22.3 Å².